The van der Waals surface area contributed by atoms with Crippen molar-refractivity contribution < 1.29 is 18.0 Å². The number of nitrogens with one attached hydrogen (secondary N) is 1. The number of hydrogen-bond acceptors (Lipinski definition) is 2. The van der Waals surface area contributed by atoms with Crippen LogP contribution in [0.15, 0.2) is 10.9 Å². The molecule has 1 fully saturated rings. The van der Waals surface area contributed by atoms with Crippen molar-refractivity contribution in [2.45, 2.75) is 38.9 Å². The summed E-state index contributed by atoms with van der Waals surface area (Å²) < 4.78 is 38.6. The SMILES string of the molecule is Cc1cc(C(=O)N2CCCC2C(F)(F)F)c(=O)[nH]c1C. The minimum Gasteiger partial charge on any atom is -0.326 e. The number of hydrogen-bond donors (Lipinski definition) is 1. The van der Waals surface area contributed by atoms with Gasteiger partial charge in [0.15, 0.2) is 0 Å². The van der Waals surface area contributed by atoms with Gasteiger partial charge >= 0.3 is 6.18 Å². The van der Waals surface area contributed by atoms with Gasteiger partial charge in [-0.05, 0) is 38.3 Å². The van der Waals surface area contributed by atoms with Crippen LogP contribution in [0.25, 0.3) is 0 Å². The van der Waals surface area contributed by atoms with Crippen molar-refractivity contribution in [2.24, 2.45) is 0 Å². The van der Waals surface area contributed by atoms with Gasteiger partial charge in [0.05, 0.1) is 0 Å². The van der Waals surface area contributed by atoms with Crippen LogP contribution in [-0.2, 0) is 0 Å². The molecule has 0 saturated carbocycles. The van der Waals surface area contributed by atoms with Gasteiger partial charge in [0.25, 0.3) is 11.5 Å². The number of rotatable bonds is 1. The van der Waals surface area contributed by atoms with E-state index in [1.54, 1.807) is 13.8 Å². The molecule has 7 heteroatoms. The standard InChI is InChI=1S/C13H15F3N2O2/c1-7-6-9(11(19)17-8(7)2)12(20)18-5-3-4-10(18)13(14,15)16/h6,10H,3-5H2,1-2H3,(H,17,19). The summed E-state index contributed by atoms with van der Waals surface area (Å²) in [6, 6.07) is -0.446. The Balaban J connectivity index is 2.37. The normalized spacial score (nSPS) is 19.4. The largest absolute Gasteiger partial charge is 0.408 e. The third-order valence-electron chi connectivity index (χ3n) is 3.62. The first-order valence-corrected chi connectivity index (χ1v) is 6.30. The molecule has 1 atom stereocenters. The second-order valence-electron chi connectivity index (χ2n) is 5.02. The number of carbonyl (C=O) groups is 1. The molecule has 1 amide bonds. The van der Waals surface area contributed by atoms with Gasteiger partial charge in [-0.1, -0.05) is 0 Å². The third-order valence-corrected chi connectivity index (χ3v) is 3.62. The van der Waals surface area contributed by atoms with Gasteiger partial charge in [0.2, 0.25) is 0 Å². The summed E-state index contributed by atoms with van der Waals surface area (Å²) in [6.07, 6.45) is -4.28. The summed E-state index contributed by atoms with van der Waals surface area (Å²) in [5.74, 6) is -0.853. The van der Waals surface area contributed by atoms with Crippen molar-refractivity contribution >= 4 is 5.91 Å². The van der Waals surface area contributed by atoms with E-state index in [4.69, 9.17) is 0 Å². The van der Waals surface area contributed by atoms with E-state index in [0.717, 1.165) is 4.90 Å². The van der Waals surface area contributed by atoms with Crippen LogP contribution in [-0.4, -0.2) is 34.6 Å². The number of halogens is 3. The molecule has 1 aromatic rings. The number of likely N-dealkylation sites (tertiary alicyclic amines) is 1. The smallest absolute Gasteiger partial charge is 0.326 e. The van der Waals surface area contributed by atoms with E-state index in [1.807, 2.05) is 0 Å². The Bertz CT molecular complexity index is 592. The second kappa shape index (κ2) is 4.96. The lowest BCUT2D eigenvalue weighted by Crippen LogP contribution is -2.45. The highest BCUT2D eigenvalue weighted by Gasteiger charge is 2.48. The lowest BCUT2D eigenvalue weighted by molar-refractivity contribution is -0.169. The van der Waals surface area contributed by atoms with Crippen molar-refractivity contribution in [2.75, 3.05) is 6.54 Å². The maximum Gasteiger partial charge on any atom is 0.408 e. The zero-order chi connectivity index (χ0) is 15.1. The van der Waals surface area contributed by atoms with E-state index in [1.165, 1.54) is 6.07 Å². The van der Waals surface area contributed by atoms with E-state index in [0.29, 0.717) is 17.7 Å². The molecule has 1 aliphatic rings. The summed E-state index contributed by atoms with van der Waals surface area (Å²) >= 11 is 0. The Morgan fingerprint density at radius 2 is 2.05 bits per heavy atom. The molecule has 1 aliphatic heterocycles. The van der Waals surface area contributed by atoms with Gasteiger partial charge in [0.1, 0.15) is 11.6 Å². The Morgan fingerprint density at radius 1 is 1.40 bits per heavy atom. The molecule has 0 aromatic carbocycles. The number of aryl methyl sites for hydroxylation is 2. The minimum atomic E-state index is -4.46. The molecule has 1 N–H and O–H groups in total. The summed E-state index contributed by atoms with van der Waals surface area (Å²) in [6.45, 7) is 3.38. The zero-order valence-corrected chi connectivity index (χ0v) is 11.2. The number of pyridine rings is 1. The fraction of sp³-hybridized carbons (Fsp3) is 0.538. The van der Waals surface area contributed by atoms with Crippen molar-refractivity contribution in [1.29, 1.82) is 0 Å². The predicted octanol–water partition coefficient (Wildman–Crippen LogP) is 2.16. The summed E-state index contributed by atoms with van der Waals surface area (Å²) in [4.78, 5) is 27.2. The Kier molecular flexibility index (Phi) is 3.62. The van der Waals surface area contributed by atoms with Crippen LogP contribution in [0.2, 0.25) is 0 Å². The second-order valence-corrected chi connectivity index (χ2v) is 5.02. The van der Waals surface area contributed by atoms with Gasteiger partial charge in [-0.15, -0.1) is 0 Å². The molecule has 1 saturated heterocycles. The number of amides is 1. The molecule has 0 aliphatic carbocycles. The quantitative estimate of drug-likeness (QED) is 0.861. The van der Waals surface area contributed by atoms with Crippen LogP contribution in [0, 0.1) is 13.8 Å². The van der Waals surface area contributed by atoms with Crippen LogP contribution < -0.4 is 5.56 Å². The van der Waals surface area contributed by atoms with E-state index in [2.05, 4.69) is 4.98 Å². The average Bonchev–Trinajstić information content (AvgIpc) is 2.81. The molecule has 4 nitrogen and oxygen atoms in total. The van der Waals surface area contributed by atoms with Crippen molar-refractivity contribution in [1.82, 2.24) is 9.88 Å². The molecule has 1 unspecified atom stereocenters. The molecule has 1 aromatic heterocycles. The first kappa shape index (κ1) is 14.6. The molecule has 110 valence electrons. The summed E-state index contributed by atoms with van der Waals surface area (Å²) in [7, 11) is 0. The molecule has 20 heavy (non-hydrogen) atoms. The van der Waals surface area contributed by atoms with Gasteiger partial charge in [-0.25, -0.2) is 0 Å². The molecule has 0 radical (unpaired) electrons. The number of carbonyl (C=O) groups excluding carboxylic acids is 1. The van der Waals surface area contributed by atoms with Gasteiger partial charge in [0, 0.05) is 12.2 Å². The fourth-order valence-electron chi connectivity index (χ4n) is 2.39. The first-order valence-electron chi connectivity index (χ1n) is 6.30. The Hall–Kier alpha value is -1.79. The third kappa shape index (κ3) is 2.57. The summed E-state index contributed by atoms with van der Waals surface area (Å²) in [5.41, 5.74) is 0.381. The highest BCUT2D eigenvalue weighted by molar-refractivity contribution is 5.94. The van der Waals surface area contributed by atoms with Crippen molar-refractivity contribution in [3.63, 3.8) is 0 Å². The maximum atomic E-state index is 12.9. The lowest BCUT2D eigenvalue weighted by Gasteiger charge is -2.26. The monoisotopic (exact) mass is 288 g/mol. The first-order chi connectivity index (χ1) is 9.21. The fourth-order valence-corrected chi connectivity index (χ4v) is 2.39. The lowest BCUT2D eigenvalue weighted by atomic mass is 10.1. The Labute approximate surface area is 113 Å². The van der Waals surface area contributed by atoms with Crippen LogP contribution in [0.1, 0.15) is 34.5 Å². The maximum absolute atomic E-state index is 12.9. The number of H-pyrrole nitrogens is 1. The van der Waals surface area contributed by atoms with E-state index < -0.39 is 23.7 Å². The number of alkyl halides is 3. The van der Waals surface area contributed by atoms with E-state index in [9.17, 15) is 22.8 Å². The number of aromatic amines is 1. The van der Waals surface area contributed by atoms with E-state index in [-0.39, 0.29) is 18.5 Å². The molecular weight excluding hydrogens is 273 g/mol. The number of aromatic nitrogens is 1. The topological polar surface area (TPSA) is 53.2 Å². The highest BCUT2D eigenvalue weighted by atomic mass is 19.4. The average molecular weight is 288 g/mol. The molecule has 0 bridgehead atoms. The van der Waals surface area contributed by atoms with Crippen molar-refractivity contribution in [3.8, 4) is 0 Å². The minimum absolute atomic E-state index is 0.0232. The molecule has 2 rings (SSSR count). The van der Waals surface area contributed by atoms with Crippen molar-refractivity contribution in [3.05, 3.63) is 33.2 Å². The van der Waals surface area contributed by atoms with Crippen LogP contribution in [0.3, 0.4) is 0 Å². The van der Waals surface area contributed by atoms with Gasteiger partial charge < -0.3 is 9.88 Å². The highest BCUT2D eigenvalue weighted by Crippen LogP contribution is 2.33. The Morgan fingerprint density at radius 3 is 2.65 bits per heavy atom. The predicted molar refractivity (Wildman–Crippen MR) is 66.7 cm³/mol. The molecule has 2 heterocycles. The van der Waals surface area contributed by atoms with Crippen LogP contribution in [0.4, 0.5) is 13.2 Å². The zero-order valence-electron chi connectivity index (χ0n) is 11.2. The summed E-state index contributed by atoms with van der Waals surface area (Å²) in [5, 5.41) is 0. The molecular formula is C13H15F3N2O2. The van der Waals surface area contributed by atoms with Gasteiger partial charge in [-0.3, -0.25) is 9.59 Å². The van der Waals surface area contributed by atoms with Crippen LogP contribution in [0.5, 0.6) is 0 Å². The van der Waals surface area contributed by atoms with E-state index >= 15 is 0 Å². The van der Waals surface area contributed by atoms with Gasteiger partial charge in [-0.2, -0.15) is 13.2 Å². The number of nitrogens with zero attached hydrogens (tertiary/aromatic N) is 1. The van der Waals surface area contributed by atoms with Crippen LogP contribution >= 0.6 is 0 Å². The molecule has 0 spiro atoms.